The van der Waals surface area contributed by atoms with Crippen molar-refractivity contribution in [2.45, 2.75) is 0 Å². The number of hydrogen-bond acceptors (Lipinski definition) is 3. The van der Waals surface area contributed by atoms with Gasteiger partial charge in [-0.15, -0.1) is 0 Å². The summed E-state index contributed by atoms with van der Waals surface area (Å²) < 4.78 is 5.99. The SMILES string of the molecule is COc1ccccc1Br.NN. The van der Waals surface area contributed by atoms with Gasteiger partial charge >= 0.3 is 0 Å². The number of para-hydroxylation sites is 1. The van der Waals surface area contributed by atoms with Gasteiger partial charge in [0.15, 0.2) is 0 Å². The molecule has 3 nitrogen and oxygen atoms in total. The molecule has 1 rings (SSSR count). The highest BCUT2D eigenvalue weighted by atomic mass is 79.9. The summed E-state index contributed by atoms with van der Waals surface area (Å²) in [5.74, 6) is 8.87. The fraction of sp³-hybridized carbons (Fsp3) is 0.143. The summed E-state index contributed by atoms with van der Waals surface area (Å²) in [6.07, 6.45) is 0. The van der Waals surface area contributed by atoms with Gasteiger partial charge in [0, 0.05) is 0 Å². The zero-order chi connectivity index (χ0) is 8.69. The fourth-order valence-corrected chi connectivity index (χ4v) is 1.06. The maximum absolute atomic E-state index is 5.00. The van der Waals surface area contributed by atoms with Gasteiger partial charge < -0.3 is 4.74 Å². The van der Waals surface area contributed by atoms with E-state index in [0.717, 1.165) is 10.2 Å². The number of rotatable bonds is 1. The molecule has 0 aliphatic carbocycles. The lowest BCUT2D eigenvalue weighted by molar-refractivity contribution is 0.412. The summed E-state index contributed by atoms with van der Waals surface area (Å²) in [4.78, 5) is 0. The standard InChI is InChI=1S/C7H7BrO.H4N2/c1-9-7-5-3-2-4-6(7)8;1-2/h2-5H,1H3;1-2H2. The normalized spacial score (nSPS) is 8.00. The zero-order valence-corrected chi connectivity index (χ0v) is 7.84. The van der Waals surface area contributed by atoms with Crippen molar-refractivity contribution < 1.29 is 4.74 Å². The summed E-state index contributed by atoms with van der Waals surface area (Å²) in [6.45, 7) is 0. The van der Waals surface area contributed by atoms with E-state index in [-0.39, 0.29) is 0 Å². The van der Waals surface area contributed by atoms with Crippen LogP contribution in [0.2, 0.25) is 0 Å². The number of methoxy groups -OCH3 is 1. The van der Waals surface area contributed by atoms with E-state index in [9.17, 15) is 0 Å². The predicted molar refractivity (Wildman–Crippen MR) is 49.1 cm³/mol. The summed E-state index contributed by atoms with van der Waals surface area (Å²) in [5.41, 5.74) is 0. The van der Waals surface area contributed by atoms with Crippen molar-refractivity contribution in [3.8, 4) is 5.75 Å². The molecule has 4 heteroatoms. The Morgan fingerprint density at radius 1 is 1.27 bits per heavy atom. The number of hydrogen-bond donors (Lipinski definition) is 2. The molecular formula is C7H11BrN2O. The van der Waals surface area contributed by atoms with Crippen LogP contribution in [0.1, 0.15) is 0 Å². The van der Waals surface area contributed by atoms with E-state index in [1.165, 1.54) is 0 Å². The molecule has 0 aliphatic heterocycles. The number of halogens is 1. The second kappa shape index (κ2) is 6.15. The first-order chi connectivity index (χ1) is 5.34. The third-order valence-corrected chi connectivity index (χ3v) is 1.71. The molecular weight excluding hydrogens is 208 g/mol. The number of ether oxygens (including phenoxy) is 1. The van der Waals surface area contributed by atoms with Crippen LogP contribution in [0, 0.1) is 0 Å². The van der Waals surface area contributed by atoms with Crippen LogP contribution in [0.25, 0.3) is 0 Å². The van der Waals surface area contributed by atoms with Gasteiger partial charge in [-0.05, 0) is 28.1 Å². The molecule has 0 heterocycles. The quantitative estimate of drug-likeness (QED) is 0.552. The number of hydrazine groups is 1. The molecule has 0 amide bonds. The van der Waals surface area contributed by atoms with Crippen LogP contribution < -0.4 is 16.4 Å². The Balaban J connectivity index is 0.000000461. The first-order valence-corrected chi connectivity index (χ1v) is 3.76. The Labute approximate surface area is 74.4 Å². The van der Waals surface area contributed by atoms with E-state index in [1.54, 1.807) is 7.11 Å². The van der Waals surface area contributed by atoms with Crippen molar-refractivity contribution in [1.82, 2.24) is 0 Å². The summed E-state index contributed by atoms with van der Waals surface area (Å²) in [7, 11) is 1.65. The average Bonchev–Trinajstić information content (AvgIpc) is 2.09. The smallest absolute Gasteiger partial charge is 0.133 e. The van der Waals surface area contributed by atoms with Crippen molar-refractivity contribution in [3.05, 3.63) is 28.7 Å². The van der Waals surface area contributed by atoms with E-state index in [0.29, 0.717) is 0 Å². The lowest BCUT2D eigenvalue weighted by atomic mass is 10.3. The molecule has 62 valence electrons. The Bertz CT molecular complexity index is 205. The summed E-state index contributed by atoms with van der Waals surface area (Å²) in [6, 6.07) is 7.74. The van der Waals surface area contributed by atoms with Gasteiger partial charge in [-0.1, -0.05) is 12.1 Å². The van der Waals surface area contributed by atoms with Gasteiger partial charge in [-0.2, -0.15) is 0 Å². The molecule has 0 unspecified atom stereocenters. The Morgan fingerprint density at radius 2 is 1.82 bits per heavy atom. The summed E-state index contributed by atoms with van der Waals surface area (Å²) >= 11 is 3.33. The van der Waals surface area contributed by atoms with Gasteiger partial charge in [0.1, 0.15) is 5.75 Å². The van der Waals surface area contributed by atoms with Crippen LogP contribution in [-0.4, -0.2) is 7.11 Å². The van der Waals surface area contributed by atoms with E-state index in [1.807, 2.05) is 24.3 Å². The molecule has 0 radical (unpaired) electrons. The monoisotopic (exact) mass is 218 g/mol. The van der Waals surface area contributed by atoms with Gasteiger partial charge in [-0.3, -0.25) is 11.7 Å². The summed E-state index contributed by atoms with van der Waals surface area (Å²) in [5, 5.41) is 0. The largest absolute Gasteiger partial charge is 0.496 e. The molecule has 4 N–H and O–H groups in total. The van der Waals surface area contributed by atoms with Gasteiger partial charge in [0.25, 0.3) is 0 Å². The Morgan fingerprint density at radius 3 is 2.18 bits per heavy atom. The van der Waals surface area contributed by atoms with E-state index in [4.69, 9.17) is 4.74 Å². The third-order valence-electron chi connectivity index (χ3n) is 1.06. The zero-order valence-electron chi connectivity index (χ0n) is 6.25. The molecule has 0 fully saturated rings. The van der Waals surface area contributed by atoms with Gasteiger partial charge in [0.2, 0.25) is 0 Å². The molecule has 0 spiro atoms. The van der Waals surface area contributed by atoms with Crippen LogP contribution in [0.4, 0.5) is 0 Å². The Hall–Kier alpha value is -0.580. The van der Waals surface area contributed by atoms with Crippen molar-refractivity contribution in [3.63, 3.8) is 0 Å². The molecule has 0 atom stereocenters. The highest BCUT2D eigenvalue weighted by molar-refractivity contribution is 9.10. The minimum absolute atomic E-state index is 0.873. The van der Waals surface area contributed by atoms with E-state index >= 15 is 0 Å². The molecule has 0 aliphatic rings. The highest BCUT2D eigenvalue weighted by Gasteiger charge is 1.92. The maximum Gasteiger partial charge on any atom is 0.133 e. The highest BCUT2D eigenvalue weighted by Crippen LogP contribution is 2.22. The molecule has 11 heavy (non-hydrogen) atoms. The van der Waals surface area contributed by atoms with E-state index < -0.39 is 0 Å². The first-order valence-electron chi connectivity index (χ1n) is 2.96. The second-order valence-corrected chi connectivity index (χ2v) is 2.49. The van der Waals surface area contributed by atoms with E-state index in [2.05, 4.69) is 27.6 Å². The molecule has 0 bridgehead atoms. The maximum atomic E-state index is 5.00. The average molecular weight is 219 g/mol. The topological polar surface area (TPSA) is 61.3 Å². The number of nitrogens with two attached hydrogens (primary N) is 2. The lowest BCUT2D eigenvalue weighted by Gasteiger charge is -1.99. The van der Waals surface area contributed by atoms with Crippen LogP contribution in [0.15, 0.2) is 28.7 Å². The minimum Gasteiger partial charge on any atom is -0.496 e. The predicted octanol–water partition coefficient (Wildman–Crippen LogP) is 1.28. The minimum atomic E-state index is 0.873. The molecule has 0 saturated heterocycles. The van der Waals surface area contributed by atoms with Gasteiger partial charge in [0.05, 0.1) is 11.6 Å². The molecule has 0 aromatic heterocycles. The fourth-order valence-electron chi connectivity index (χ4n) is 0.610. The second-order valence-electron chi connectivity index (χ2n) is 1.63. The van der Waals surface area contributed by atoms with Gasteiger partial charge in [-0.25, -0.2) is 0 Å². The van der Waals surface area contributed by atoms with Crippen molar-refractivity contribution >= 4 is 15.9 Å². The van der Waals surface area contributed by atoms with Crippen LogP contribution in [-0.2, 0) is 0 Å². The molecule has 0 saturated carbocycles. The first kappa shape index (κ1) is 10.4. The molecule has 1 aromatic carbocycles. The molecule has 1 aromatic rings. The van der Waals surface area contributed by atoms with Crippen molar-refractivity contribution in [2.75, 3.05) is 7.11 Å². The van der Waals surface area contributed by atoms with Crippen LogP contribution in [0.5, 0.6) is 5.75 Å². The van der Waals surface area contributed by atoms with Crippen molar-refractivity contribution in [2.24, 2.45) is 11.7 Å². The lowest BCUT2D eigenvalue weighted by Crippen LogP contribution is -2.02. The third kappa shape index (κ3) is 3.36. The van der Waals surface area contributed by atoms with Crippen LogP contribution >= 0.6 is 15.9 Å². The number of benzene rings is 1. The van der Waals surface area contributed by atoms with Crippen LogP contribution in [0.3, 0.4) is 0 Å². The Kier molecular flexibility index (Phi) is 5.83. The van der Waals surface area contributed by atoms with Crippen molar-refractivity contribution in [1.29, 1.82) is 0 Å².